The highest BCUT2D eigenvalue weighted by Crippen LogP contribution is 2.24. The summed E-state index contributed by atoms with van der Waals surface area (Å²) in [5.41, 5.74) is 4.21. The van der Waals surface area contributed by atoms with Crippen LogP contribution in [0.1, 0.15) is 11.1 Å². The Balaban J connectivity index is 1.47. The van der Waals surface area contributed by atoms with Crippen LogP contribution in [0.2, 0.25) is 15.1 Å². The normalized spacial score (nSPS) is 10.7. The highest BCUT2D eigenvalue weighted by molar-refractivity contribution is 6.43. The van der Waals surface area contributed by atoms with Gasteiger partial charge >= 0.3 is 11.8 Å². The lowest BCUT2D eigenvalue weighted by Gasteiger charge is -2.06. The van der Waals surface area contributed by atoms with Crippen molar-refractivity contribution >= 4 is 58.5 Å². The number of benzene rings is 3. The summed E-state index contributed by atoms with van der Waals surface area (Å²) in [7, 11) is 0. The van der Waals surface area contributed by atoms with Gasteiger partial charge in [0.05, 0.1) is 16.3 Å². The van der Waals surface area contributed by atoms with Crippen LogP contribution >= 0.6 is 34.8 Å². The van der Waals surface area contributed by atoms with Crippen molar-refractivity contribution in [1.82, 2.24) is 5.43 Å². The molecule has 3 rings (SSSR count). The number of carbonyl (C=O) groups is 2. The van der Waals surface area contributed by atoms with E-state index in [0.29, 0.717) is 33.7 Å². The maximum absolute atomic E-state index is 11.9. The third-order valence-corrected chi connectivity index (χ3v) is 4.95. The molecule has 0 saturated carbocycles. The van der Waals surface area contributed by atoms with Gasteiger partial charge in [-0.1, -0.05) is 46.9 Å². The average Bonchev–Trinajstić information content (AvgIpc) is 2.76. The van der Waals surface area contributed by atoms with E-state index in [1.807, 2.05) is 12.1 Å². The molecule has 158 valence electrons. The summed E-state index contributed by atoms with van der Waals surface area (Å²) < 4.78 is 5.71. The number of rotatable bonds is 6. The first-order chi connectivity index (χ1) is 14.9. The quantitative estimate of drug-likeness (QED) is 0.287. The summed E-state index contributed by atoms with van der Waals surface area (Å²) in [5, 5.41) is 7.46. The van der Waals surface area contributed by atoms with Crippen molar-refractivity contribution in [2.45, 2.75) is 6.61 Å². The van der Waals surface area contributed by atoms with Crippen LogP contribution in [0.5, 0.6) is 5.75 Å². The third-order valence-electron chi connectivity index (χ3n) is 3.96. The van der Waals surface area contributed by atoms with Crippen LogP contribution in [-0.2, 0) is 16.2 Å². The van der Waals surface area contributed by atoms with Crippen LogP contribution in [0.25, 0.3) is 0 Å². The van der Waals surface area contributed by atoms with Crippen molar-refractivity contribution in [2.24, 2.45) is 5.10 Å². The highest BCUT2D eigenvalue weighted by Gasteiger charge is 2.13. The Bertz CT molecular complexity index is 1100. The van der Waals surface area contributed by atoms with Gasteiger partial charge in [0.25, 0.3) is 0 Å². The van der Waals surface area contributed by atoms with Gasteiger partial charge in [0.1, 0.15) is 12.4 Å². The Labute approximate surface area is 193 Å². The molecule has 0 aliphatic rings. The van der Waals surface area contributed by atoms with Gasteiger partial charge in [-0.05, 0) is 65.7 Å². The SMILES string of the molecule is O=C(NN=Cc1ccc(OCc2ccc(Cl)cc2)cc1)C(=O)Nc1ccc(Cl)c(Cl)c1. The molecule has 0 saturated heterocycles. The molecule has 0 unspecified atom stereocenters. The highest BCUT2D eigenvalue weighted by atomic mass is 35.5. The zero-order valence-electron chi connectivity index (χ0n) is 15.9. The van der Waals surface area contributed by atoms with E-state index >= 15 is 0 Å². The van der Waals surface area contributed by atoms with Gasteiger partial charge in [-0.2, -0.15) is 5.10 Å². The average molecular weight is 477 g/mol. The third kappa shape index (κ3) is 7.00. The second-order valence-corrected chi connectivity index (χ2v) is 7.52. The summed E-state index contributed by atoms with van der Waals surface area (Å²) in [6.45, 7) is 0.411. The number of nitrogens with one attached hydrogen (secondary N) is 2. The zero-order chi connectivity index (χ0) is 22.2. The smallest absolute Gasteiger partial charge is 0.329 e. The molecule has 6 nitrogen and oxygen atoms in total. The number of hydrazone groups is 1. The molecule has 31 heavy (non-hydrogen) atoms. The molecule has 0 aliphatic heterocycles. The van der Waals surface area contributed by atoms with Crippen molar-refractivity contribution in [3.63, 3.8) is 0 Å². The van der Waals surface area contributed by atoms with Crippen molar-refractivity contribution in [3.05, 3.63) is 92.9 Å². The number of halogens is 3. The monoisotopic (exact) mass is 475 g/mol. The van der Waals surface area contributed by atoms with E-state index in [0.717, 1.165) is 5.56 Å². The molecule has 0 aliphatic carbocycles. The molecule has 0 aromatic heterocycles. The first-order valence-electron chi connectivity index (χ1n) is 8.97. The Morgan fingerprint density at radius 3 is 2.26 bits per heavy atom. The Kier molecular flexibility index (Phi) is 7.89. The standard InChI is InChI=1S/C22H16Cl3N3O3/c23-16-5-1-15(2-6-16)13-31-18-8-3-14(4-9-18)12-26-28-22(30)21(29)27-17-7-10-19(24)20(25)11-17/h1-12H,13H2,(H,27,29)(H,28,30). The second kappa shape index (κ2) is 10.8. The molecule has 9 heteroatoms. The topological polar surface area (TPSA) is 79.8 Å². The van der Waals surface area contributed by atoms with Crippen LogP contribution in [0.15, 0.2) is 71.8 Å². The maximum Gasteiger partial charge on any atom is 0.329 e. The van der Waals surface area contributed by atoms with Crippen molar-refractivity contribution in [2.75, 3.05) is 5.32 Å². The van der Waals surface area contributed by atoms with E-state index in [2.05, 4.69) is 15.8 Å². The van der Waals surface area contributed by atoms with Crippen molar-refractivity contribution in [1.29, 1.82) is 0 Å². The molecule has 3 aromatic carbocycles. The number of anilines is 1. The molecule has 0 heterocycles. The number of nitrogens with zero attached hydrogens (tertiary/aromatic N) is 1. The van der Waals surface area contributed by atoms with Gasteiger partial charge in [0.15, 0.2) is 0 Å². The summed E-state index contributed by atoms with van der Waals surface area (Å²) in [4.78, 5) is 23.8. The second-order valence-electron chi connectivity index (χ2n) is 6.27. The molecule has 0 bridgehead atoms. The van der Waals surface area contributed by atoms with E-state index in [4.69, 9.17) is 39.5 Å². The molecule has 0 atom stereocenters. The van der Waals surface area contributed by atoms with Crippen LogP contribution in [0.4, 0.5) is 5.69 Å². The lowest BCUT2D eigenvalue weighted by atomic mass is 10.2. The van der Waals surface area contributed by atoms with Crippen LogP contribution in [0, 0.1) is 0 Å². The summed E-state index contributed by atoms with van der Waals surface area (Å²) in [5.74, 6) is -1.14. The van der Waals surface area contributed by atoms with Gasteiger partial charge in [0, 0.05) is 10.7 Å². The minimum atomic E-state index is -0.926. The van der Waals surface area contributed by atoms with Gasteiger partial charge in [-0.3, -0.25) is 9.59 Å². The van der Waals surface area contributed by atoms with Gasteiger partial charge < -0.3 is 10.1 Å². The van der Waals surface area contributed by atoms with Crippen molar-refractivity contribution in [3.8, 4) is 5.75 Å². The Hall–Kier alpha value is -3.06. The van der Waals surface area contributed by atoms with E-state index in [-0.39, 0.29) is 5.02 Å². The molecule has 0 fully saturated rings. The van der Waals surface area contributed by atoms with E-state index in [9.17, 15) is 9.59 Å². The van der Waals surface area contributed by atoms with Crippen LogP contribution < -0.4 is 15.5 Å². The largest absolute Gasteiger partial charge is 0.489 e. The first kappa shape index (κ1) is 22.6. The van der Waals surface area contributed by atoms with Crippen molar-refractivity contribution < 1.29 is 14.3 Å². The molecule has 2 amide bonds. The van der Waals surface area contributed by atoms with Crippen LogP contribution in [0.3, 0.4) is 0 Å². The van der Waals surface area contributed by atoms with Gasteiger partial charge in [-0.25, -0.2) is 5.43 Å². The Morgan fingerprint density at radius 2 is 1.58 bits per heavy atom. The fourth-order valence-electron chi connectivity index (χ4n) is 2.38. The predicted octanol–water partition coefficient (Wildman–Crippen LogP) is 5.31. The predicted molar refractivity (Wildman–Crippen MR) is 123 cm³/mol. The van der Waals surface area contributed by atoms with E-state index in [1.165, 1.54) is 24.4 Å². The minimum Gasteiger partial charge on any atom is -0.489 e. The minimum absolute atomic E-state index is 0.262. The van der Waals surface area contributed by atoms with Crippen LogP contribution in [-0.4, -0.2) is 18.0 Å². The summed E-state index contributed by atoms with van der Waals surface area (Å²) >= 11 is 17.5. The molecule has 0 radical (unpaired) electrons. The molecular weight excluding hydrogens is 461 g/mol. The summed E-state index contributed by atoms with van der Waals surface area (Å²) in [6.07, 6.45) is 1.41. The van der Waals surface area contributed by atoms with Gasteiger partial charge in [0.2, 0.25) is 0 Å². The fourth-order valence-corrected chi connectivity index (χ4v) is 2.80. The van der Waals surface area contributed by atoms with Gasteiger partial charge in [-0.15, -0.1) is 0 Å². The molecular formula is C22H16Cl3N3O3. The number of amides is 2. The zero-order valence-corrected chi connectivity index (χ0v) is 18.2. The lowest BCUT2D eigenvalue weighted by Crippen LogP contribution is -2.32. The number of hydrogen-bond acceptors (Lipinski definition) is 4. The molecule has 0 spiro atoms. The molecule has 2 N–H and O–H groups in total. The lowest BCUT2D eigenvalue weighted by molar-refractivity contribution is -0.136. The number of ether oxygens (including phenoxy) is 1. The summed E-state index contributed by atoms with van der Waals surface area (Å²) in [6, 6.07) is 19.0. The van der Waals surface area contributed by atoms with E-state index < -0.39 is 11.8 Å². The van der Waals surface area contributed by atoms with E-state index in [1.54, 1.807) is 36.4 Å². The number of hydrogen-bond donors (Lipinski definition) is 2. The maximum atomic E-state index is 11.9. The Morgan fingerprint density at radius 1 is 0.871 bits per heavy atom. The first-order valence-corrected chi connectivity index (χ1v) is 10.1. The fraction of sp³-hybridized carbons (Fsp3) is 0.0455. The number of carbonyl (C=O) groups excluding carboxylic acids is 2. The molecule has 3 aromatic rings.